The number of ether oxygens (including phenoxy) is 1. The summed E-state index contributed by atoms with van der Waals surface area (Å²) in [5, 5.41) is 3.07. The first-order chi connectivity index (χ1) is 8.22. The van der Waals surface area contributed by atoms with Gasteiger partial charge < -0.3 is 10.1 Å². The number of carbonyl (C=O) groups excluding carboxylic acids is 1. The molecule has 0 fully saturated rings. The minimum atomic E-state index is -4.14. The quantitative estimate of drug-likeness (QED) is 0.688. The molecule has 0 aliphatic carbocycles. The first-order valence-corrected chi connectivity index (χ1v) is 6.20. The van der Waals surface area contributed by atoms with E-state index in [1.807, 2.05) is 6.92 Å². The smallest absolute Gasteiger partial charge is 0.389 e. The molecular formula is C12H22F3NO2. The molecule has 0 bridgehead atoms. The lowest BCUT2D eigenvalue weighted by Crippen LogP contribution is -2.44. The molecule has 1 atom stereocenters. The largest absolute Gasteiger partial charge is 0.466 e. The molecule has 6 heteroatoms. The molecule has 0 aliphatic rings. The van der Waals surface area contributed by atoms with Crippen molar-refractivity contribution in [3.8, 4) is 0 Å². The molecule has 0 radical (unpaired) electrons. The second kappa shape index (κ2) is 7.61. The van der Waals surface area contributed by atoms with E-state index in [1.165, 1.54) is 0 Å². The van der Waals surface area contributed by atoms with Crippen LogP contribution < -0.4 is 5.32 Å². The molecule has 1 N–H and O–H groups in total. The summed E-state index contributed by atoms with van der Waals surface area (Å²) in [6, 6.07) is 0. The number of alkyl halides is 3. The molecule has 108 valence electrons. The van der Waals surface area contributed by atoms with Crippen molar-refractivity contribution in [1.82, 2.24) is 5.32 Å². The lowest BCUT2D eigenvalue weighted by molar-refractivity contribution is -0.145. The van der Waals surface area contributed by atoms with Crippen LogP contribution in [0.1, 0.15) is 46.5 Å². The van der Waals surface area contributed by atoms with E-state index in [0.29, 0.717) is 13.0 Å². The lowest BCUT2D eigenvalue weighted by Gasteiger charge is -2.30. The van der Waals surface area contributed by atoms with Gasteiger partial charge in [0, 0.05) is 12.0 Å². The zero-order valence-electron chi connectivity index (χ0n) is 11.2. The number of carbonyl (C=O) groups is 1. The molecule has 0 rings (SSSR count). The maximum Gasteiger partial charge on any atom is 0.389 e. The van der Waals surface area contributed by atoms with Gasteiger partial charge in [-0.15, -0.1) is 0 Å². The lowest BCUT2D eigenvalue weighted by atomic mass is 9.91. The average Bonchev–Trinajstić information content (AvgIpc) is 2.15. The van der Waals surface area contributed by atoms with Gasteiger partial charge in [0.25, 0.3) is 0 Å². The summed E-state index contributed by atoms with van der Waals surface area (Å²) in [6.07, 6.45) is -4.58. The van der Waals surface area contributed by atoms with E-state index in [1.54, 1.807) is 13.8 Å². The standard InChI is InChI=1S/C12H22F3NO2/c1-4-16-11(3,9-10(17)18-5-2)7-6-8-12(13,14)15/h16H,4-9H2,1-3H3. The molecule has 0 aromatic rings. The van der Waals surface area contributed by atoms with Crippen molar-refractivity contribution in [2.75, 3.05) is 13.2 Å². The van der Waals surface area contributed by atoms with Crippen molar-refractivity contribution < 1.29 is 22.7 Å². The van der Waals surface area contributed by atoms with Crippen molar-refractivity contribution in [2.45, 2.75) is 58.2 Å². The molecule has 0 aromatic carbocycles. The van der Waals surface area contributed by atoms with Gasteiger partial charge in [-0.2, -0.15) is 13.2 Å². The Labute approximate surface area is 106 Å². The summed E-state index contributed by atoms with van der Waals surface area (Å²) in [5.41, 5.74) is -0.633. The molecule has 0 saturated heterocycles. The van der Waals surface area contributed by atoms with Crippen molar-refractivity contribution in [3.63, 3.8) is 0 Å². The highest BCUT2D eigenvalue weighted by molar-refractivity contribution is 5.70. The average molecular weight is 269 g/mol. The van der Waals surface area contributed by atoms with E-state index in [9.17, 15) is 18.0 Å². The van der Waals surface area contributed by atoms with Crippen LogP contribution in [-0.4, -0.2) is 30.8 Å². The van der Waals surface area contributed by atoms with Crippen LogP contribution >= 0.6 is 0 Å². The van der Waals surface area contributed by atoms with Crippen molar-refractivity contribution in [1.29, 1.82) is 0 Å². The summed E-state index contributed by atoms with van der Waals surface area (Å²) in [5.74, 6) is -0.382. The Morgan fingerprint density at radius 3 is 2.28 bits per heavy atom. The third-order valence-corrected chi connectivity index (χ3v) is 2.63. The van der Waals surface area contributed by atoms with Crippen molar-refractivity contribution >= 4 is 5.97 Å². The minimum Gasteiger partial charge on any atom is -0.466 e. The summed E-state index contributed by atoms with van der Waals surface area (Å²) in [7, 11) is 0. The Hall–Kier alpha value is -0.780. The second-order valence-corrected chi connectivity index (χ2v) is 4.54. The van der Waals surface area contributed by atoms with Gasteiger partial charge in [0.15, 0.2) is 0 Å². The normalized spacial score (nSPS) is 15.2. The van der Waals surface area contributed by atoms with E-state index >= 15 is 0 Å². The van der Waals surface area contributed by atoms with Gasteiger partial charge in [-0.05, 0) is 33.2 Å². The Morgan fingerprint density at radius 1 is 1.22 bits per heavy atom. The Kier molecular flexibility index (Phi) is 7.28. The fourth-order valence-electron chi connectivity index (χ4n) is 1.88. The topological polar surface area (TPSA) is 38.3 Å². The van der Waals surface area contributed by atoms with Gasteiger partial charge in [0.1, 0.15) is 0 Å². The van der Waals surface area contributed by atoms with Crippen LogP contribution in [0.4, 0.5) is 13.2 Å². The number of rotatable bonds is 8. The number of esters is 1. The highest BCUT2D eigenvalue weighted by Crippen LogP contribution is 2.26. The molecule has 0 amide bonds. The van der Waals surface area contributed by atoms with Crippen LogP contribution in [-0.2, 0) is 9.53 Å². The van der Waals surface area contributed by atoms with E-state index in [2.05, 4.69) is 5.32 Å². The van der Waals surface area contributed by atoms with Crippen LogP contribution in [0.3, 0.4) is 0 Å². The zero-order chi connectivity index (χ0) is 14.2. The van der Waals surface area contributed by atoms with Gasteiger partial charge in [-0.3, -0.25) is 4.79 Å². The van der Waals surface area contributed by atoms with Crippen LogP contribution in [0, 0.1) is 0 Å². The molecular weight excluding hydrogens is 247 g/mol. The van der Waals surface area contributed by atoms with E-state index < -0.39 is 18.1 Å². The number of hydrogen-bond donors (Lipinski definition) is 1. The maximum atomic E-state index is 12.1. The molecule has 3 nitrogen and oxygen atoms in total. The highest BCUT2D eigenvalue weighted by atomic mass is 19.4. The van der Waals surface area contributed by atoms with Gasteiger partial charge in [0.05, 0.1) is 13.0 Å². The van der Waals surface area contributed by atoms with Gasteiger partial charge in [-0.1, -0.05) is 6.92 Å². The maximum absolute atomic E-state index is 12.1. The molecule has 0 saturated carbocycles. The summed E-state index contributed by atoms with van der Waals surface area (Å²) < 4.78 is 41.1. The highest BCUT2D eigenvalue weighted by Gasteiger charge is 2.31. The summed E-state index contributed by atoms with van der Waals surface area (Å²) >= 11 is 0. The Bertz CT molecular complexity index is 256. The molecule has 0 spiro atoms. The first kappa shape index (κ1) is 17.2. The minimum absolute atomic E-state index is 0.00635. The Balaban J connectivity index is 4.29. The Morgan fingerprint density at radius 2 is 1.83 bits per heavy atom. The third kappa shape index (κ3) is 8.33. The number of halogens is 3. The van der Waals surface area contributed by atoms with Crippen LogP contribution in [0.25, 0.3) is 0 Å². The molecule has 0 aromatic heterocycles. The van der Waals surface area contributed by atoms with Crippen LogP contribution in [0.5, 0.6) is 0 Å². The first-order valence-electron chi connectivity index (χ1n) is 6.20. The fraction of sp³-hybridized carbons (Fsp3) is 0.917. The second-order valence-electron chi connectivity index (χ2n) is 4.54. The molecule has 18 heavy (non-hydrogen) atoms. The van der Waals surface area contributed by atoms with Crippen molar-refractivity contribution in [3.05, 3.63) is 0 Å². The number of hydrogen-bond acceptors (Lipinski definition) is 3. The SMILES string of the molecule is CCNC(C)(CCCC(F)(F)F)CC(=O)OCC. The van der Waals surface area contributed by atoms with E-state index in [0.717, 1.165) is 0 Å². The summed E-state index contributed by atoms with van der Waals surface area (Å²) in [6.45, 7) is 6.19. The van der Waals surface area contributed by atoms with E-state index in [-0.39, 0.29) is 25.4 Å². The fourth-order valence-corrected chi connectivity index (χ4v) is 1.88. The number of nitrogens with one attached hydrogen (secondary N) is 1. The van der Waals surface area contributed by atoms with Gasteiger partial charge >= 0.3 is 12.1 Å². The van der Waals surface area contributed by atoms with Crippen molar-refractivity contribution in [2.24, 2.45) is 0 Å². The molecule has 0 heterocycles. The molecule has 0 aliphatic heterocycles. The molecule has 1 unspecified atom stereocenters. The zero-order valence-corrected chi connectivity index (χ0v) is 11.2. The van der Waals surface area contributed by atoms with Crippen LogP contribution in [0.15, 0.2) is 0 Å². The van der Waals surface area contributed by atoms with Gasteiger partial charge in [0.2, 0.25) is 0 Å². The predicted molar refractivity (Wildman–Crippen MR) is 63.2 cm³/mol. The van der Waals surface area contributed by atoms with E-state index in [4.69, 9.17) is 4.74 Å². The monoisotopic (exact) mass is 269 g/mol. The van der Waals surface area contributed by atoms with Crippen LogP contribution in [0.2, 0.25) is 0 Å². The summed E-state index contributed by atoms with van der Waals surface area (Å²) in [4.78, 5) is 11.4. The van der Waals surface area contributed by atoms with Gasteiger partial charge in [-0.25, -0.2) is 0 Å². The predicted octanol–water partition coefficient (Wildman–Crippen LogP) is 3.04. The third-order valence-electron chi connectivity index (χ3n) is 2.63.